The van der Waals surface area contributed by atoms with Gasteiger partial charge < -0.3 is 25.0 Å². The van der Waals surface area contributed by atoms with Crippen molar-refractivity contribution < 1.29 is 29.3 Å². The maximum absolute atomic E-state index is 11.5. The van der Waals surface area contributed by atoms with Crippen LogP contribution in [0.1, 0.15) is 42.0 Å². The summed E-state index contributed by atoms with van der Waals surface area (Å²) in [6.07, 6.45) is 0.573. The number of hydrogen-bond donors (Lipinski definition) is 3. The van der Waals surface area contributed by atoms with Gasteiger partial charge in [0, 0.05) is 12.0 Å². The van der Waals surface area contributed by atoms with Crippen LogP contribution in [-0.2, 0) is 16.0 Å². The van der Waals surface area contributed by atoms with Crippen molar-refractivity contribution in [1.82, 2.24) is 0 Å². The van der Waals surface area contributed by atoms with Crippen molar-refractivity contribution in [2.75, 3.05) is 25.1 Å². The summed E-state index contributed by atoms with van der Waals surface area (Å²) < 4.78 is 11.6. The summed E-state index contributed by atoms with van der Waals surface area (Å²) in [7, 11) is 0. The summed E-state index contributed by atoms with van der Waals surface area (Å²) >= 11 is 0. The molecule has 7 heteroatoms. The van der Waals surface area contributed by atoms with E-state index >= 15 is 0 Å². The monoisotopic (exact) mass is 415 g/mol. The molecule has 0 aliphatic heterocycles. The molecule has 0 spiro atoms. The molecule has 2 aromatic rings. The van der Waals surface area contributed by atoms with Gasteiger partial charge in [0.05, 0.1) is 24.8 Å². The number of rotatable bonds is 11. The van der Waals surface area contributed by atoms with Crippen LogP contribution in [0.5, 0.6) is 11.5 Å². The molecule has 1 unspecified atom stereocenters. The number of carbonyl (C=O) groups is 2. The highest BCUT2D eigenvalue weighted by molar-refractivity contribution is 5.77. The second-order valence-corrected chi connectivity index (χ2v) is 7.15. The first-order valence-electron chi connectivity index (χ1n) is 9.91. The van der Waals surface area contributed by atoms with E-state index in [0.717, 1.165) is 16.7 Å². The zero-order valence-electron chi connectivity index (χ0n) is 17.8. The topological polar surface area (TPSA) is 105 Å². The van der Waals surface area contributed by atoms with Gasteiger partial charge in [-0.3, -0.25) is 9.59 Å². The fourth-order valence-corrected chi connectivity index (χ4v) is 3.10. The van der Waals surface area contributed by atoms with E-state index in [1.165, 1.54) is 0 Å². The molecule has 3 N–H and O–H groups in total. The quantitative estimate of drug-likeness (QED) is 0.509. The van der Waals surface area contributed by atoms with E-state index in [9.17, 15) is 14.7 Å². The Morgan fingerprint density at radius 1 is 1.07 bits per heavy atom. The molecule has 0 heterocycles. The highest BCUT2D eigenvalue weighted by Gasteiger charge is 2.20. The van der Waals surface area contributed by atoms with Crippen molar-refractivity contribution in [2.24, 2.45) is 0 Å². The zero-order chi connectivity index (χ0) is 22.3. The smallest absolute Gasteiger partial charge is 0.322 e. The lowest BCUT2D eigenvalue weighted by atomic mass is 9.94. The van der Waals surface area contributed by atoms with Crippen molar-refractivity contribution >= 4 is 17.6 Å². The van der Waals surface area contributed by atoms with Gasteiger partial charge in [0.2, 0.25) is 0 Å². The molecular formula is C23H29NO6. The number of hydrogen-bond acceptors (Lipinski definition) is 5. The van der Waals surface area contributed by atoms with Gasteiger partial charge in [-0.05, 0) is 62.6 Å². The summed E-state index contributed by atoms with van der Waals surface area (Å²) in [6.45, 7) is 8.02. The maximum atomic E-state index is 11.5. The molecule has 0 fully saturated rings. The molecule has 2 rings (SSSR count). The van der Waals surface area contributed by atoms with Gasteiger partial charge in [-0.15, -0.1) is 0 Å². The van der Waals surface area contributed by atoms with Gasteiger partial charge in [0.1, 0.15) is 18.0 Å². The Morgan fingerprint density at radius 2 is 1.80 bits per heavy atom. The van der Waals surface area contributed by atoms with E-state index < -0.39 is 17.9 Å². The van der Waals surface area contributed by atoms with Crippen LogP contribution >= 0.6 is 0 Å². The van der Waals surface area contributed by atoms with Gasteiger partial charge in [-0.1, -0.05) is 12.1 Å². The molecule has 0 aliphatic carbocycles. The van der Waals surface area contributed by atoms with Gasteiger partial charge in [-0.2, -0.15) is 0 Å². The van der Waals surface area contributed by atoms with Gasteiger partial charge in [0.25, 0.3) is 0 Å². The summed E-state index contributed by atoms with van der Waals surface area (Å²) in [5.41, 5.74) is 4.24. The van der Waals surface area contributed by atoms with Gasteiger partial charge in [0.15, 0.2) is 0 Å². The van der Waals surface area contributed by atoms with E-state index in [1.807, 2.05) is 45.0 Å². The largest absolute Gasteiger partial charge is 0.494 e. The van der Waals surface area contributed by atoms with Crippen LogP contribution in [0.25, 0.3) is 0 Å². The molecule has 0 amide bonds. The van der Waals surface area contributed by atoms with Crippen LogP contribution < -0.4 is 14.8 Å². The lowest BCUT2D eigenvalue weighted by Crippen LogP contribution is -2.14. The maximum Gasteiger partial charge on any atom is 0.322 e. The number of anilines is 1. The Hall–Kier alpha value is -3.22. The third-order valence-corrected chi connectivity index (χ3v) is 4.80. The molecule has 1 atom stereocenters. The third kappa shape index (κ3) is 6.14. The molecule has 162 valence electrons. The Kier molecular flexibility index (Phi) is 8.09. The highest BCUT2D eigenvalue weighted by Crippen LogP contribution is 2.31. The van der Waals surface area contributed by atoms with Crippen molar-refractivity contribution in [3.05, 3.63) is 52.6 Å². The van der Waals surface area contributed by atoms with Gasteiger partial charge >= 0.3 is 11.9 Å². The van der Waals surface area contributed by atoms with Crippen molar-refractivity contribution in [1.29, 1.82) is 0 Å². The number of aliphatic carboxylic acids is 2. The van der Waals surface area contributed by atoms with E-state index in [0.29, 0.717) is 42.4 Å². The second kappa shape index (κ2) is 10.5. The van der Waals surface area contributed by atoms with Crippen molar-refractivity contribution in [2.45, 2.75) is 40.0 Å². The number of carboxylic acid groups (broad SMARTS) is 2. The molecule has 7 nitrogen and oxygen atoms in total. The van der Waals surface area contributed by atoms with Crippen LogP contribution in [0.2, 0.25) is 0 Å². The normalized spacial score (nSPS) is 11.6. The third-order valence-electron chi connectivity index (χ3n) is 4.80. The first-order chi connectivity index (χ1) is 14.2. The first kappa shape index (κ1) is 23.1. The van der Waals surface area contributed by atoms with Crippen LogP contribution in [0.4, 0.5) is 5.69 Å². The predicted octanol–water partition coefficient (Wildman–Crippen LogP) is 4.01. The van der Waals surface area contributed by atoms with Crippen LogP contribution in [0.15, 0.2) is 30.3 Å². The number of carboxylic acids is 2. The molecule has 0 radical (unpaired) electrons. The molecule has 0 aliphatic rings. The fraction of sp³-hybridized carbons (Fsp3) is 0.391. The van der Waals surface area contributed by atoms with Crippen LogP contribution in [-0.4, -0.2) is 41.9 Å². The minimum atomic E-state index is -0.952. The minimum absolute atomic E-state index is 0.201. The SMILES string of the molecule is CCOc1cc(C)c(CCOc2cc(C)ccc2NCC(=O)O)cc1C(C)C(=O)O. The Balaban J connectivity index is 2.18. The van der Waals surface area contributed by atoms with E-state index in [-0.39, 0.29) is 6.54 Å². The molecule has 0 bridgehead atoms. The summed E-state index contributed by atoms with van der Waals surface area (Å²) in [6, 6.07) is 9.28. The molecular weight excluding hydrogens is 386 g/mol. The molecule has 30 heavy (non-hydrogen) atoms. The summed E-state index contributed by atoms with van der Waals surface area (Å²) in [4.78, 5) is 22.3. The number of ether oxygens (including phenoxy) is 2. The van der Waals surface area contributed by atoms with E-state index in [2.05, 4.69) is 5.32 Å². The Bertz CT molecular complexity index is 909. The van der Waals surface area contributed by atoms with E-state index in [4.69, 9.17) is 14.6 Å². The minimum Gasteiger partial charge on any atom is -0.494 e. The number of nitrogens with one attached hydrogen (secondary N) is 1. The van der Waals surface area contributed by atoms with E-state index in [1.54, 1.807) is 13.0 Å². The lowest BCUT2D eigenvalue weighted by Gasteiger charge is -2.18. The summed E-state index contributed by atoms with van der Waals surface area (Å²) in [5.74, 6) is -1.37. The van der Waals surface area contributed by atoms with Gasteiger partial charge in [-0.25, -0.2) is 0 Å². The average Bonchev–Trinajstić information content (AvgIpc) is 2.68. The molecule has 0 saturated heterocycles. The average molecular weight is 415 g/mol. The van der Waals surface area contributed by atoms with Crippen LogP contribution in [0, 0.1) is 13.8 Å². The number of aryl methyl sites for hydroxylation is 2. The predicted molar refractivity (Wildman–Crippen MR) is 115 cm³/mol. The Morgan fingerprint density at radius 3 is 2.43 bits per heavy atom. The summed E-state index contributed by atoms with van der Waals surface area (Å²) in [5, 5.41) is 21.2. The molecule has 2 aromatic carbocycles. The number of benzene rings is 2. The Labute approximate surface area is 176 Å². The molecule has 0 aromatic heterocycles. The fourth-order valence-electron chi connectivity index (χ4n) is 3.10. The zero-order valence-corrected chi connectivity index (χ0v) is 17.8. The highest BCUT2D eigenvalue weighted by atomic mass is 16.5. The van der Waals surface area contributed by atoms with Crippen molar-refractivity contribution in [3.8, 4) is 11.5 Å². The standard InChI is InChI=1S/C23H29NO6/c1-5-29-20-11-15(3)17(12-18(20)16(4)23(27)28)8-9-30-21-10-14(2)6-7-19(21)24-13-22(25)26/h6-7,10-12,16,24H,5,8-9,13H2,1-4H3,(H,25,26)(H,27,28). The molecule has 0 saturated carbocycles. The van der Waals surface area contributed by atoms with Crippen LogP contribution in [0.3, 0.4) is 0 Å². The lowest BCUT2D eigenvalue weighted by molar-refractivity contribution is -0.138. The first-order valence-corrected chi connectivity index (χ1v) is 9.91. The van der Waals surface area contributed by atoms with Crippen molar-refractivity contribution in [3.63, 3.8) is 0 Å². The second-order valence-electron chi connectivity index (χ2n) is 7.15.